The molecule has 1 heterocycles. The zero-order chi connectivity index (χ0) is 11.9. The van der Waals surface area contributed by atoms with E-state index in [1.807, 2.05) is 23.9 Å². The van der Waals surface area contributed by atoms with Crippen LogP contribution >= 0.6 is 11.8 Å². The van der Waals surface area contributed by atoms with Crippen molar-refractivity contribution < 1.29 is 5.11 Å². The van der Waals surface area contributed by atoms with Gasteiger partial charge in [0.05, 0.1) is 0 Å². The summed E-state index contributed by atoms with van der Waals surface area (Å²) in [6.45, 7) is 2.38. The highest BCUT2D eigenvalue weighted by molar-refractivity contribution is 7.98. The fourth-order valence-corrected chi connectivity index (χ4v) is 3.41. The summed E-state index contributed by atoms with van der Waals surface area (Å²) in [6, 6.07) is 7.56. The fourth-order valence-electron chi connectivity index (χ4n) is 2.19. The molecule has 1 atom stereocenters. The van der Waals surface area contributed by atoms with Gasteiger partial charge in [0.15, 0.2) is 0 Å². The average Bonchev–Trinajstić information content (AvgIpc) is 2.60. The highest BCUT2D eigenvalue weighted by atomic mass is 32.2. The van der Waals surface area contributed by atoms with Crippen molar-refractivity contribution in [3.8, 4) is 5.75 Å². The van der Waals surface area contributed by atoms with Crippen molar-refractivity contribution in [1.82, 2.24) is 5.32 Å². The fraction of sp³-hybridized carbons (Fsp3) is 0.571. The van der Waals surface area contributed by atoms with E-state index in [4.69, 9.17) is 0 Å². The summed E-state index contributed by atoms with van der Waals surface area (Å²) >= 11 is 2.02. The Morgan fingerprint density at radius 2 is 2.00 bits per heavy atom. The molecule has 1 aliphatic heterocycles. The first-order valence-electron chi connectivity index (χ1n) is 6.41. The summed E-state index contributed by atoms with van der Waals surface area (Å²) in [6.07, 6.45) is 4.02. The van der Waals surface area contributed by atoms with Gasteiger partial charge in [-0.3, -0.25) is 0 Å². The highest BCUT2D eigenvalue weighted by Crippen LogP contribution is 2.22. The van der Waals surface area contributed by atoms with Crippen LogP contribution in [0.1, 0.15) is 24.8 Å². The molecule has 0 spiro atoms. The molecule has 0 amide bonds. The monoisotopic (exact) mass is 251 g/mol. The molecule has 0 saturated carbocycles. The SMILES string of the molecule is Oc1ccc(CSCC2CCCNCC2)cc1. The summed E-state index contributed by atoms with van der Waals surface area (Å²) in [5.74, 6) is 3.56. The van der Waals surface area contributed by atoms with Crippen molar-refractivity contribution in [2.45, 2.75) is 25.0 Å². The molecule has 0 radical (unpaired) electrons. The Balaban J connectivity index is 1.69. The lowest BCUT2D eigenvalue weighted by molar-refractivity contribution is 0.475. The summed E-state index contributed by atoms with van der Waals surface area (Å²) < 4.78 is 0. The van der Waals surface area contributed by atoms with Gasteiger partial charge in [0, 0.05) is 5.75 Å². The van der Waals surface area contributed by atoms with Gasteiger partial charge in [-0.1, -0.05) is 12.1 Å². The van der Waals surface area contributed by atoms with Crippen molar-refractivity contribution in [1.29, 1.82) is 0 Å². The average molecular weight is 251 g/mol. The number of rotatable bonds is 4. The van der Waals surface area contributed by atoms with Gasteiger partial charge in [0.2, 0.25) is 0 Å². The predicted octanol–water partition coefficient (Wildman–Crippen LogP) is 3.02. The molecule has 1 aromatic rings. The molecule has 0 aliphatic carbocycles. The van der Waals surface area contributed by atoms with Crippen LogP contribution < -0.4 is 5.32 Å². The first-order chi connectivity index (χ1) is 8.34. The van der Waals surface area contributed by atoms with E-state index in [9.17, 15) is 5.11 Å². The van der Waals surface area contributed by atoms with E-state index in [1.165, 1.54) is 43.7 Å². The van der Waals surface area contributed by atoms with Crippen LogP contribution in [0.2, 0.25) is 0 Å². The normalized spacial score (nSPS) is 21.1. The largest absolute Gasteiger partial charge is 0.508 e. The molecule has 2 N–H and O–H groups in total. The van der Waals surface area contributed by atoms with Crippen LogP contribution in [-0.2, 0) is 5.75 Å². The van der Waals surface area contributed by atoms with E-state index < -0.39 is 0 Å². The molecule has 94 valence electrons. The van der Waals surface area contributed by atoms with E-state index in [1.54, 1.807) is 12.1 Å². The summed E-state index contributed by atoms with van der Waals surface area (Å²) in [5, 5.41) is 12.7. The molecule has 1 aromatic carbocycles. The van der Waals surface area contributed by atoms with Gasteiger partial charge < -0.3 is 10.4 Å². The molecule has 3 heteroatoms. The van der Waals surface area contributed by atoms with Crippen LogP contribution in [0.3, 0.4) is 0 Å². The molecule has 0 bridgehead atoms. The van der Waals surface area contributed by atoms with E-state index in [0.29, 0.717) is 5.75 Å². The summed E-state index contributed by atoms with van der Waals surface area (Å²) in [7, 11) is 0. The van der Waals surface area contributed by atoms with Gasteiger partial charge in [-0.2, -0.15) is 11.8 Å². The number of thioether (sulfide) groups is 1. The minimum absolute atomic E-state index is 0.355. The van der Waals surface area contributed by atoms with Crippen LogP contribution in [0.25, 0.3) is 0 Å². The van der Waals surface area contributed by atoms with Crippen molar-refractivity contribution in [2.75, 3.05) is 18.8 Å². The zero-order valence-electron chi connectivity index (χ0n) is 10.2. The van der Waals surface area contributed by atoms with Gasteiger partial charge in [0.25, 0.3) is 0 Å². The van der Waals surface area contributed by atoms with Gasteiger partial charge in [-0.15, -0.1) is 0 Å². The Morgan fingerprint density at radius 1 is 1.18 bits per heavy atom. The molecule has 1 aliphatic rings. The Bertz CT molecular complexity index is 317. The maximum atomic E-state index is 9.20. The Kier molecular flexibility index (Phi) is 5.20. The number of hydrogen-bond acceptors (Lipinski definition) is 3. The van der Waals surface area contributed by atoms with Crippen LogP contribution in [0.5, 0.6) is 5.75 Å². The molecule has 1 saturated heterocycles. The molecule has 1 fully saturated rings. The second kappa shape index (κ2) is 6.92. The maximum absolute atomic E-state index is 9.20. The van der Waals surface area contributed by atoms with E-state index in [-0.39, 0.29) is 0 Å². The summed E-state index contributed by atoms with van der Waals surface area (Å²) in [4.78, 5) is 0. The molecular weight excluding hydrogens is 230 g/mol. The third kappa shape index (κ3) is 4.60. The van der Waals surface area contributed by atoms with Crippen molar-refractivity contribution in [2.24, 2.45) is 5.92 Å². The third-order valence-corrected chi connectivity index (χ3v) is 4.50. The number of hydrogen-bond donors (Lipinski definition) is 2. The maximum Gasteiger partial charge on any atom is 0.115 e. The second-order valence-electron chi connectivity index (χ2n) is 4.73. The van der Waals surface area contributed by atoms with Gasteiger partial charge in [0.1, 0.15) is 5.75 Å². The molecule has 17 heavy (non-hydrogen) atoms. The van der Waals surface area contributed by atoms with E-state index in [2.05, 4.69) is 5.32 Å². The van der Waals surface area contributed by atoms with Gasteiger partial charge in [-0.25, -0.2) is 0 Å². The van der Waals surface area contributed by atoms with Crippen LogP contribution in [0.15, 0.2) is 24.3 Å². The predicted molar refractivity (Wildman–Crippen MR) is 74.5 cm³/mol. The number of phenols is 1. The lowest BCUT2D eigenvalue weighted by Crippen LogP contribution is -2.14. The molecule has 1 unspecified atom stereocenters. The zero-order valence-corrected chi connectivity index (χ0v) is 11.0. The second-order valence-corrected chi connectivity index (χ2v) is 5.76. The standard InChI is InChI=1S/C14H21NOS/c16-14-5-3-13(4-6-14)11-17-10-12-2-1-8-15-9-7-12/h3-6,12,15-16H,1-2,7-11H2. The third-order valence-electron chi connectivity index (χ3n) is 3.25. The Morgan fingerprint density at radius 3 is 2.82 bits per heavy atom. The van der Waals surface area contributed by atoms with E-state index >= 15 is 0 Å². The lowest BCUT2D eigenvalue weighted by atomic mass is 10.0. The molecule has 0 aromatic heterocycles. The Hall–Kier alpha value is -0.670. The number of phenolic OH excluding ortho intramolecular Hbond substituents is 1. The first-order valence-corrected chi connectivity index (χ1v) is 7.56. The van der Waals surface area contributed by atoms with Crippen LogP contribution in [-0.4, -0.2) is 23.9 Å². The highest BCUT2D eigenvalue weighted by Gasteiger charge is 2.11. The lowest BCUT2D eigenvalue weighted by Gasteiger charge is -2.12. The smallest absolute Gasteiger partial charge is 0.115 e. The number of aromatic hydroxyl groups is 1. The molecule has 2 nitrogen and oxygen atoms in total. The van der Waals surface area contributed by atoms with Crippen molar-refractivity contribution in [3.63, 3.8) is 0 Å². The van der Waals surface area contributed by atoms with Crippen LogP contribution in [0.4, 0.5) is 0 Å². The minimum Gasteiger partial charge on any atom is -0.508 e. The first kappa shape index (κ1) is 12.8. The molecule has 2 rings (SSSR count). The summed E-state index contributed by atoms with van der Waals surface area (Å²) in [5.41, 5.74) is 1.31. The van der Waals surface area contributed by atoms with E-state index in [0.717, 1.165) is 11.7 Å². The Labute approximate surface area is 108 Å². The van der Waals surface area contributed by atoms with Crippen LogP contribution in [0, 0.1) is 5.92 Å². The van der Waals surface area contributed by atoms with Crippen molar-refractivity contribution in [3.05, 3.63) is 29.8 Å². The quantitative estimate of drug-likeness (QED) is 0.863. The topological polar surface area (TPSA) is 32.3 Å². The number of benzene rings is 1. The minimum atomic E-state index is 0.355. The van der Waals surface area contributed by atoms with Crippen molar-refractivity contribution >= 4 is 11.8 Å². The number of nitrogens with one attached hydrogen (secondary N) is 1. The van der Waals surface area contributed by atoms with Gasteiger partial charge in [-0.05, 0) is 61.7 Å². The van der Waals surface area contributed by atoms with Gasteiger partial charge >= 0.3 is 0 Å². The molecular formula is C14H21NOS.